The molecule has 1 aliphatic rings. The lowest BCUT2D eigenvalue weighted by Gasteiger charge is -2.22. The molecule has 0 spiro atoms. The molecule has 0 aliphatic heterocycles. The lowest BCUT2D eigenvalue weighted by Crippen LogP contribution is -2.29. The highest BCUT2D eigenvalue weighted by molar-refractivity contribution is 6.01. The van der Waals surface area contributed by atoms with E-state index < -0.39 is 0 Å². The summed E-state index contributed by atoms with van der Waals surface area (Å²) in [5.41, 5.74) is 3.49. The number of aromatic nitrogens is 2. The molecule has 5 heteroatoms. The Bertz CT molecular complexity index is 741. The summed E-state index contributed by atoms with van der Waals surface area (Å²) < 4.78 is 15.6. The SMILES string of the molecule is C=CC(=O)N(Cc1cnn(C)c1C1CC1)c1cc(C)cc(F)c1. The minimum Gasteiger partial charge on any atom is -0.304 e. The van der Waals surface area contributed by atoms with Crippen LogP contribution in [0.5, 0.6) is 0 Å². The van der Waals surface area contributed by atoms with Gasteiger partial charge in [-0.3, -0.25) is 9.48 Å². The van der Waals surface area contributed by atoms with Crippen molar-refractivity contribution in [2.45, 2.75) is 32.2 Å². The van der Waals surface area contributed by atoms with Crippen molar-refractivity contribution in [3.05, 3.63) is 59.7 Å². The van der Waals surface area contributed by atoms with Gasteiger partial charge in [-0.2, -0.15) is 5.10 Å². The standard InChI is InChI=1S/C18H20FN3O/c1-4-17(23)22(16-8-12(2)7-15(19)9-16)11-14-10-20-21(3)18(14)13-5-6-13/h4,7-10,13H,1,5-6,11H2,2-3H3. The summed E-state index contributed by atoms with van der Waals surface area (Å²) in [6, 6.07) is 4.62. The predicted octanol–water partition coefficient (Wildman–Crippen LogP) is 3.46. The third kappa shape index (κ3) is 3.18. The smallest absolute Gasteiger partial charge is 0.250 e. The van der Waals surface area contributed by atoms with Crippen LogP contribution >= 0.6 is 0 Å². The molecule has 2 aromatic rings. The molecule has 0 radical (unpaired) electrons. The molecule has 0 saturated heterocycles. The van der Waals surface area contributed by atoms with Crippen LogP contribution in [0.4, 0.5) is 10.1 Å². The molecule has 1 fully saturated rings. The van der Waals surface area contributed by atoms with Crippen molar-refractivity contribution >= 4 is 11.6 Å². The quantitative estimate of drug-likeness (QED) is 0.793. The lowest BCUT2D eigenvalue weighted by atomic mass is 10.1. The highest BCUT2D eigenvalue weighted by Gasteiger charge is 2.30. The van der Waals surface area contributed by atoms with Crippen molar-refractivity contribution in [3.63, 3.8) is 0 Å². The number of carbonyl (C=O) groups is 1. The topological polar surface area (TPSA) is 38.1 Å². The number of anilines is 1. The van der Waals surface area contributed by atoms with Gasteiger partial charge in [0.25, 0.3) is 5.91 Å². The van der Waals surface area contributed by atoms with E-state index >= 15 is 0 Å². The first-order valence-electron chi connectivity index (χ1n) is 7.71. The van der Waals surface area contributed by atoms with Crippen molar-refractivity contribution in [1.29, 1.82) is 0 Å². The summed E-state index contributed by atoms with van der Waals surface area (Å²) in [5.74, 6) is -0.0801. The zero-order valence-corrected chi connectivity index (χ0v) is 13.4. The van der Waals surface area contributed by atoms with Gasteiger partial charge in [-0.15, -0.1) is 0 Å². The highest BCUT2D eigenvalue weighted by atomic mass is 19.1. The maximum atomic E-state index is 13.7. The Labute approximate surface area is 135 Å². The Morgan fingerprint density at radius 3 is 2.83 bits per heavy atom. The Morgan fingerprint density at radius 1 is 1.48 bits per heavy atom. The van der Waals surface area contributed by atoms with Crippen molar-refractivity contribution in [1.82, 2.24) is 9.78 Å². The van der Waals surface area contributed by atoms with E-state index in [1.54, 1.807) is 17.2 Å². The number of benzene rings is 1. The Balaban J connectivity index is 1.97. The summed E-state index contributed by atoms with van der Waals surface area (Å²) >= 11 is 0. The Kier molecular flexibility index (Phi) is 4.03. The van der Waals surface area contributed by atoms with Gasteiger partial charge >= 0.3 is 0 Å². The zero-order chi connectivity index (χ0) is 16.6. The summed E-state index contributed by atoms with van der Waals surface area (Å²) in [6.45, 7) is 5.74. The monoisotopic (exact) mass is 313 g/mol. The van der Waals surface area contributed by atoms with Gasteiger partial charge in [0.05, 0.1) is 12.7 Å². The number of nitrogens with zero attached hydrogens (tertiary/aromatic N) is 3. The predicted molar refractivity (Wildman–Crippen MR) is 87.7 cm³/mol. The molecule has 0 N–H and O–H groups in total. The first-order chi connectivity index (χ1) is 11.0. The molecule has 4 nitrogen and oxygen atoms in total. The van der Waals surface area contributed by atoms with Gasteiger partial charge in [-0.05, 0) is 49.6 Å². The van der Waals surface area contributed by atoms with Crippen LogP contribution in [0.1, 0.15) is 35.6 Å². The molecular weight excluding hydrogens is 293 g/mol. The van der Waals surface area contributed by atoms with Crippen LogP contribution in [-0.4, -0.2) is 15.7 Å². The molecule has 1 saturated carbocycles. The minimum absolute atomic E-state index is 0.249. The summed E-state index contributed by atoms with van der Waals surface area (Å²) in [6.07, 6.45) is 5.36. The number of hydrogen-bond acceptors (Lipinski definition) is 2. The second-order valence-corrected chi connectivity index (χ2v) is 6.07. The van der Waals surface area contributed by atoms with Gasteiger partial charge in [0.15, 0.2) is 0 Å². The number of halogens is 1. The first kappa shape index (κ1) is 15.5. The average molecular weight is 313 g/mol. The molecule has 120 valence electrons. The molecule has 0 atom stereocenters. The molecule has 1 aromatic carbocycles. The van der Waals surface area contributed by atoms with E-state index in [2.05, 4.69) is 11.7 Å². The molecule has 0 unspecified atom stereocenters. The van der Waals surface area contributed by atoms with E-state index in [1.165, 1.54) is 23.9 Å². The number of hydrogen-bond donors (Lipinski definition) is 0. The van der Waals surface area contributed by atoms with Gasteiger partial charge in [0.1, 0.15) is 5.82 Å². The maximum absolute atomic E-state index is 13.7. The van der Waals surface area contributed by atoms with E-state index in [1.807, 2.05) is 18.7 Å². The Morgan fingerprint density at radius 2 is 2.22 bits per heavy atom. The summed E-state index contributed by atoms with van der Waals surface area (Å²) in [7, 11) is 1.92. The van der Waals surface area contributed by atoms with Crippen LogP contribution in [0.25, 0.3) is 0 Å². The number of amides is 1. The highest BCUT2D eigenvalue weighted by Crippen LogP contribution is 2.41. The van der Waals surface area contributed by atoms with E-state index in [-0.39, 0.29) is 11.7 Å². The molecule has 1 aromatic heterocycles. The van der Waals surface area contributed by atoms with Gasteiger partial charge < -0.3 is 4.90 Å². The fraction of sp³-hybridized carbons (Fsp3) is 0.333. The van der Waals surface area contributed by atoms with Crippen molar-refractivity contribution in [2.75, 3.05) is 4.90 Å². The van der Waals surface area contributed by atoms with Crippen LogP contribution in [-0.2, 0) is 18.4 Å². The maximum Gasteiger partial charge on any atom is 0.250 e. The number of carbonyl (C=O) groups excluding carboxylic acids is 1. The molecule has 1 aliphatic carbocycles. The van der Waals surface area contributed by atoms with Crippen LogP contribution in [0.15, 0.2) is 37.1 Å². The lowest BCUT2D eigenvalue weighted by molar-refractivity contribution is -0.114. The van der Waals surface area contributed by atoms with Crippen LogP contribution in [0.3, 0.4) is 0 Å². The van der Waals surface area contributed by atoms with E-state index in [0.29, 0.717) is 18.2 Å². The first-order valence-corrected chi connectivity index (χ1v) is 7.71. The van der Waals surface area contributed by atoms with Crippen LogP contribution in [0.2, 0.25) is 0 Å². The van der Waals surface area contributed by atoms with Crippen molar-refractivity contribution < 1.29 is 9.18 Å². The third-order valence-electron chi connectivity index (χ3n) is 4.14. The fourth-order valence-electron chi connectivity index (χ4n) is 2.95. The number of rotatable bonds is 5. The van der Waals surface area contributed by atoms with Crippen molar-refractivity contribution in [3.8, 4) is 0 Å². The fourth-order valence-corrected chi connectivity index (χ4v) is 2.95. The van der Waals surface area contributed by atoms with Gasteiger partial charge in [-0.25, -0.2) is 4.39 Å². The second kappa shape index (κ2) is 5.99. The normalized spacial score (nSPS) is 13.9. The molecule has 0 bridgehead atoms. The second-order valence-electron chi connectivity index (χ2n) is 6.07. The van der Waals surface area contributed by atoms with Crippen LogP contribution < -0.4 is 4.90 Å². The minimum atomic E-state index is -0.351. The molecule has 23 heavy (non-hydrogen) atoms. The van der Waals surface area contributed by atoms with Gasteiger partial charge in [0.2, 0.25) is 0 Å². The molecule has 1 heterocycles. The Hall–Kier alpha value is -2.43. The van der Waals surface area contributed by atoms with Gasteiger partial charge in [-0.1, -0.05) is 6.58 Å². The average Bonchev–Trinajstić information content (AvgIpc) is 3.26. The van der Waals surface area contributed by atoms with E-state index in [4.69, 9.17) is 0 Å². The van der Waals surface area contributed by atoms with E-state index in [0.717, 1.165) is 24.0 Å². The molecule has 1 amide bonds. The van der Waals surface area contributed by atoms with Crippen LogP contribution in [0, 0.1) is 12.7 Å². The largest absolute Gasteiger partial charge is 0.304 e. The molecular formula is C18H20FN3O. The van der Waals surface area contributed by atoms with E-state index in [9.17, 15) is 9.18 Å². The molecule has 3 rings (SSSR count). The summed E-state index contributed by atoms with van der Waals surface area (Å²) in [5, 5.41) is 4.32. The summed E-state index contributed by atoms with van der Waals surface area (Å²) in [4.78, 5) is 13.8. The third-order valence-corrected chi connectivity index (χ3v) is 4.14. The van der Waals surface area contributed by atoms with Gasteiger partial charge in [0, 0.05) is 29.9 Å². The number of aryl methyl sites for hydroxylation is 2. The van der Waals surface area contributed by atoms with Crippen molar-refractivity contribution in [2.24, 2.45) is 7.05 Å². The zero-order valence-electron chi connectivity index (χ0n) is 13.4.